The molecular weight excluding hydrogens is 242 g/mol. The second kappa shape index (κ2) is 5.08. The summed E-state index contributed by atoms with van der Waals surface area (Å²) in [6, 6.07) is 0.634. The first-order valence-electron chi connectivity index (χ1n) is 6.74. The number of tetrazole rings is 1. The number of anilines is 1. The Labute approximate surface area is 112 Å². The maximum absolute atomic E-state index is 4.14. The van der Waals surface area contributed by atoms with Crippen LogP contribution in [-0.4, -0.2) is 55.6 Å². The van der Waals surface area contributed by atoms with Gasteiger partial charge in [0.15, 0.2) is 5.65 Å². The topological polar surface area (TPSA) is 71.2 Å². The van der Waals surface area contributed by atoms with Gasteiger partial charge in [-0.15, -0.1) is 5.10 Å². The summed E-state index contributed by atoms with van der Waals surface area (Å²) < 4.78 is 1.68. The van der Waals surface area contributed by atoms with Gasteiger partial charge in [0.1, 0.15) is 5.82 Å². The minimum atomic E-state index is 0.634. The van der Waals surface area contributed by atoms with Crippen LogP contribution in [0.15, 0.2) is 12.4 Å². The minimum Gasteiger partial charge on any atom is -0.368 e. The normalized spacial score (nSPS) is 20.5. The molecule has 7 heteroatoms. The Morgan fingerprint density at radius 2 is 2.32 bits per heavy atom. The third-order valence-corrected chi connectivity index (χ3v) is 3.73. The van der Waals surface area contributed by atoms with Crippen LogP contribution in [0, 0.1) is 5.92 Å². The maximum atomic E-state index is 4.14. The number of aromatic nitrogens is 5. The number of nitrogens with one attached hydrogen (secondary N) is 1. The highest BCUT2D eigenvalue weighted by Crippen LogP contribution is 2.19. The molecule has 2 aromatic heterocycles. The van der Waals surface area contributed by atoms with Crippen LogP contribution in [-0.2, 0) is 0 Å². The second-order valence-corrected chi connectivity index (χ2v) is 5.37. The maximum Gasteiger partial charge on any atom is 0.199 e. The summed E-state index contributed by atoms with van der Waals surface area (Å²) in [5.74, 6) is 1.53. The fraction of sp³-hybridized carbons (Fsp3) is 0.667. The highest BCUT2D eigenvalue weighted by molar-refractivity contribution is 5.43. The largest absolute Gasteiger partial charge is 0.368 e. The van der Waals surface area contributed by atoms with Crippen LogP contribution in [0.5, 0.6) is 0 Å². The summed E-state index contributed by atoms with van der Waals surface area (Å²) in [4.78, 5) is 6.65. The summed E-state index contributed by atoms with van der Waals surface area (Å²) in [6.45, 7) is 7.79. The van der Waals surface area contributed by atoms with Gasteiger partial charge in [0, 0.05) is 19.1 Å². The lowest BCUT2D eigenvalue weighted by molar-refractivity contribution is 0.266. The first-order chi connectivity index (χ1) is 9.24. The fourth-order valence-corrected chi connectivity index (χ4v) is 2.54. The van der Waals surface area contributed by atoms with Crippen molar-refractivity contribution < 1.29 is 0 Å². The van der Waals surface area contributed by atoms with Crippen molar-refractivity contribution in [3.8, 4) is 0 Å². The van der Waals surface area contributed by atoms with Crippen LogP contribution >= 0.6 is 0 Å². The van der Waals surface area contributed by atoms with Crippen molar-refractivity contribution in [2.24, 2.45) is 5.92 Å². The molecule has 1 aliphatic rings. The second-order valence-electron chi connectivity index (χ2n) is 5.37. The highest BCUT2D eigenvalue weighted by Gasteiger charge is 2.24. The molecular formula is C12H19N7. The van der Waals surface area contributed by atoms with E-state index >= 15 is 0 Å². The molecule has 1 N–H and O–H groups in total. The Balaban J connectivity index is 1.62. The highest BCUT2D eigenvalue weighted by atomic mass is 15.5. The van der Waals surface area contributed by atoms with Gasteiger partial charge in [-0.3, -0.25) is 4.98 Å². The zero-order chi connectivity index (χ0) is 13.2. The fourth-order valence-electron chi connectivity index (χ4n) is 2.54. The van der Waals surface area contributed by atoms with Crippen LogP contribution in [0.1, 0.15) is 20.3 Å². The summed E-state index contributed by atoms with van der Waals surface area (Å²) in [7, 11) is 0. The Morgan fingerprint density at radius 3 is 3.11 bits per heavy atom. The van der Waals surface area contributed by atoms with E-state index in [4.69, 9.17) is 0 Å². The molecule has 1 unspecified atom stereocenters. The predicted molar refractivity (Wildman–Crippen MR) is 71.9 cm³/mol. The van der Waals surface area contributed by atoms with E-state index < -0.39 is 0 Å². The molecule has 1 atom stereocenters. The van der Waals surface area contributed by atoms with Gasteiger partial charge in [0.05, 0.1) is 12.4 Å². The van der Waals surface area contributed by atoms with Crippen molar-refractivity contribution in [2.75, 3.05) is 25.0 Å². The number of hydrogen-bond acceptors (Lipinski definition) is 6. The lowest BCUT2D eigenvalue weighted by Crippen LogP contribution is -2.29. The monoisotopic (exact) mass is 261 g/mol. The summed E-state index contributed by atoms with van der Waals surface area (Å²) in [5.41, 5.74) is 0.667. The number of fused-ring (bicyclic) bond motifs is 1. The standard InChI is InChI=1S/C12H19N7/c1-9(2)18-4-3-10(8-18)5-14-11-6-13-7-12-15-16-17-19(11)12/h6-7,9-10,14H,3-5,8H2,1-2H3. The molecule has 1 fully saturated rings. The average Bonchev–Trinajstić information content (AvgIpc) is 3.05. The summed E-state index contributed by atoms with van der Waals surface area (Å²) in [5, 5.41) is 14.9. The van der Waals surface area contributed by atoms with Crippen molar-refractivity contribution in [3.05, 3.63) is 12.4 Å². The lowest BCUT2D eigenvalue weighted by atomic mass is 10.1. The molecule has 3 rings (SSSR count). The van der Waals surface area contributed by atoms with E-state index in [-0.39, 0.29) is 0 Å². The molecule has 7 nitrogen and oxygen atoms in total. The van der Waals surface area contributed by atoms with E-state index in [9.17, 15) is 0 Å². The summed E-state index contributed by atoms with van der Waals surface area (Å²) in [6.07, 6.45) is 4.66. The van der Waals surface area contributed by atoms with Gasteiger partial charge < -0.3 is 10.2 Å². The molecule has 1 saturated heterocycles. The van der Waals surface area contributed by atoms with Gasteiger partial charge in [-0.2, -0.15) is 4.52 Å². The average molecular weight is 261 g/mol. The molecule has 102 valence electrons. The van der Waals surface area contributed by atoms with Crippen LogP contribution in [0.25, 0.3) is 5.65 Å². The van der Waals surface area contributed by atoms with Gasteiger partial charge in [0.25, 0.3) is 0 Å². The summed E-state index contributed by atoms with van der Waals surface area (Å²) >= 11 is 0. The van der Waals surface area contributed by atoms with Crippen molar-refractivity contribution in [2.45, 2.75) is 26.3 Å². The lowest BCUT2D eigenvalue weighted by Gasteiger charge is -2.20. The Bertz CT molecular complexity index is 550. The number of rotatable bonds is 4. The Morgan fingerprint density at radius 1 is 1.42 bits per heavy atom. The third kappa shape index (κ3) is 2.51. The van der Waals surface area contributed by atoms with Crippen LogP contribution in [0.3, 0.4) is 0 Å². The minimum absolute atomic E-state index is 0.634. The molecule has 0 aromatic carbocycles. The van der Waals surface area contributed by atoms with Crippen molar-refractivity contribution in [3.63, 3.8) is 0 Å². The van der Waals surface area contributed by atoms with Gasteiger partial charge in [-0.05, 0) is 43.2 Å². The molecule has 3 heterocycles. The molecule has 1 aliphatic heterocycles. The van der Waals surface area contributed by atoms with Gasteiger partial charge in [-0.25, -0.2) is 0 Å². The van der Waals surface area contributed by atoms with Crippen LogP contribution in [0.4, 0.5) is 5.82 Å². The first kappa shape index (κ1) is 12.3. The molecule has 0 radical (unpaired) electrons. The van der Waals surface area contributed by atoms with E-state index in [1.807, 2.05) is 0 Å². The Kier molecular flexibility index (Phi) is 3.29. The Hall–Kier alpha value is -1.76. The molecule has 0 saturated carbocycles. The van der Waals surface area contributed by atoms with E-state index in [1.54, 1.807) is 16.9 Å². The van der Waals surface area contributed by atoms with Crippen molar-refractivity contribution >= 4 is 11.5 Å². The van der Waals surface area contributed by atoms with Crippen molar-refractivity contribution in [1.29, 1.82) is 0 Å². The first-order valence-corrected chi connectivity index (χ1v) is 6.74. The number of nitrogens with zero attached hydrogens (tertiary/aromatic N) is 6. The van der Waals surface area contributed by atoms with E-state index in [0.29, 0.717) is 17.6 Å². The van der Waals surface area contributed by atoms with Crippen LogP contribution < -0.4 is 5.32 Å². The zero-order valence-electron chi connectivity index (χ0n) is 11.3. The zero-order valence-corrected chi connectivity index (χ0v) is 11.3. The number of hydrogen-bond donors (Lipinski definition) is 1. The van der Waals surface area contributed by atoms with Gasteiger partial charge >= 0.3 is 0 Å². The van der Waals surface area contributed by atoms with Crippen LogP contribution in [0.2, 0.25) is 0 Å². The molecule has 0 bridgehead atoms. The quantitative estimate of drug-likeness (QED) is 0.872. The third-order valence-electron chi connectivity index (χ3n) is 3.73. The smallest absolute Gasteiger partial charge is 0.199 e. The molecule has 0 amide bonds. The van der Waals surface area contributed by atoms with E-state index in [2.05, 4.69) is 44.6 Å². The molecule has 0 aliphatic carbocycles. The van der Waals surface area contributed by atoms with Gasteiger partial charge in [-0.1, -0.05) is 0 Å². The molecule has 0 spiro atoms. The molecule has 19 heavy (non-hydrogen) atoms. The van der Waals surface area contributed by atoms with Crippen molar-refractivity contribution in [1.82, 2.24) is 29.9 Å². The molecule has 2 aromatic rings. The van der Waals surface area contributed by atoms with E-state index in [0.717, 1.165) is 18.9 Å². The SMILES string of the molecule is CC(C)N1CCC(CNc2cncc3nnnn23)C1. The predicted octanol–water partition coefficient (Wildman–Crippen LogP) is 0.661. The van der Waals surface area contributed by atoms with E-state index in [1.165, 1.54) is 13.0 Å². The van der Waals surface area contributed by atoms with Gasteiger partial charge in [0.2, 0.25) is 0 Å². The number of likely N-dealkylation sites (tertiary alicyclic amines) is 1.